The monoisotopic (exact) mass is 354 g/mol. The van der Waals surface area contributed by atoms with E-state index >= 15 is 0 Å². The van der Waals surface area contributed by atoms with Gasteiger partial charge in [-0.3, -0.25) is 0 Å². The van der Waals surface area contributed by atoms with Crippen molar-refractivity contribution < 1.29 is 0 Å². The van der Waals surface area contributed by atoms with E-state index < -0.39 is 0 Å². The first kappa shape index (κ1) is 17.6. The minimum Gasteiger partial charge on any atom is -0.305 e. The van der Waals surface area contributed by atoms with Gasteiger partial charge in [-0.15, -0.1) is 6.42 Å². The maximum Gasteiger partial charge on any atom is 0.0601 e. The summed E-state index contributed by atoms with van der Waals surface area (Å²) in [5.41, 5.74) is 4.96. The third-order valence-corrected chi connectivity index (χ3v) is 5.49. The highest BCUT2D eigenvalue weighted by molar-refractivity contribution is 5.97. The van der Waals surface area contributed by atoms with E-state index in [2.05, 4.69) is 83.5 Å². The van der Waals surface area contributed by atoms with E-state index in [1.807, 2.05) is 0 Å². The maximum absolute atomic E-state index is 5.72. The SMILES string of the molecule is C#Cc1ccc(N2CCCCN2CCc2ccc(C)cc2)c2ccccc12. The molecule has 27 heavy (non-hydrogen) atoms. The molecule has 3 aromatic rings. The molecule has 3 aromatic carbocycles. The van der Waals surface area contributed by atoms with Gasteiger partial charge in [0.15, 0.2) is 0 Å². The number of anilines is 1. The number of benzene rings is 3. The summed E-state index contributed by atoms with van der Waals surface area (Å²) in [5, 5.41) is 7.40. The molecule has 0 amide bonds. The minimum absolute atomic E-state index is 0.970. The lowest BCUT2D eigenvalue weighted by molar-refractivity contribution is 0.215. The van der Waals surface area contributed by atoms with Crippen LogP contribution in [0.3, 0.4) is 0 Å². The number of hydrazine groups is 1. The summed E-state index contributed by atoms with van der Waals surface area (Å²) in [4.78, 5) is 0. The molecule has 2 nitrogen and oxygen atoms in total. The van der Waals surface area contributed by atoms with Gasteiger partial charge in [-0.25, -0.2) is 5.01 Å². The largest absolute Gasteiger partial charge is 0.305 e. The molecule has 2 heteroatoms. The van der Waals surface area contributed by atoms with Gasteiger partial charge < -0.3 is 5.01 Å². The number of nitrogens with zero attached hydrogens (tertiary/aromatic N) is 2. The number of hydrogen-bond acceptors (Lipinski definition) is 2. The topological polar surface area (TPSA) is 6.48 Å². The van der Waals surface area contributed by atoms with Crippen LogP contribution in [0.4, 0.5) is 5.69 Å². The Morgan fingerprint density at radius 2 is 1.63 bits per heavy atom. The van der Waals surface area contributed by atoms with E-state index in [-0.39, 0.29) is 0 Å². The highest BCUT2D eigenvalue weighted by atomic mass is 15.6. The molecule has 0 atom stereocenters. The summed E-state index contributed by atoms with van der Waals surface area (Å²) in [7, 11) is 0. The second-order valence-corrected chi connectivity index (χ2v) is 7.34. The van der Waals surface area contributed by atoms with E-state index in [0.717, 1.165) is 31.6 Å². The van der Waals surface area contributed by atoms with Gasteiger partial charge in [-0.05, 0) is 49.3 Å². The van der Waals surface area contributed by atoms with Crippen molar-refractivity contribution >= 4 is 16.5 Å². The lowest BCUT2D eigenvalue weighted by Gasteiger charge is -2.41. The molecule has 0 spiro atoms. The first-order valence-corrected chi connectivity index (χ1v) is 9.82. The van der Waals surface area contributed by atoms with Crippen LogP contribution in [0.25, 0.3) is 10.8 Å². The number of fused-ring (bicyclic) bond motifs is 1. The summed E-state index contributed by atoms with van der Waals surface area (Å²) in [6.45, 7) is 5.35. The van der Waals surface area contributed by atoms with Crippen molar-refractivity contribution in [3.05, 3.63) is 77.4 Å². The lowest BCUT2D eigenvalue weighted by atomic mass is 10.0. The van der Waals surface area contributed by atoms with Gasteiger partial charge in [0.05, 0.1) is 5.69 Å². The normalized spacial score (nSPS) is 15.0. The predicted octanol–water partition coefficient (Wildman–Crippen LogP) is 5.19. The third-order valence-electron chi connectivity index (χ3n) is 5.49. The summed E-state index contributed by atoms with van der Waals surface area (Å²) in [5.74, 6) is 2.83. The molecule has 4 rings (SSSR count). The smallest absolute Gasteiger partial charge is 0.0601 e. The first-order chi connectivity index (χ1) is 13.3. The zero-order chi connectivity index (χ0) is 18.6. The van der Waals surface area contributed by atoms with Crippen LogP contribution in [0.5, 0.6) is 0 Å². The summed E-state index contributed by atoms with van der Waals surface area (Å²) >= 11 is 0. The molecule has 0 saturated carbocycles. The van der Waals surface area contributed by atoms with Crippen molar-refractivity contribution in [2.24, 2.45) is 0 Å². The summed E-state index contributed by atoms with van der Waals surface area (Å²) < 4.78 is 0. The molecule has 0 aromatic heterocycles. The van der Waals surface area contributed by atoms with Crippen LogP contribution < -0.4 is 5.01 Å². The Bertz CT molecular complexity index is 966. The van der Waals surface area contributed by atoms with Gasteiger partial charge in [0, 0.05) is 30.6 Å². The number of aryl methyl sites for hydroxylation is 1. The fourth-order valence-electron chi connectivity index (χ4n) is 3.97. The number of terminal acetylenes is 1. The van der Waals surface area contributed by atoms with Crippen molar-refractivity contribution in [3.8, 4) is 12.3 Å². The Balaban J connectivity index is 1.62. The molecule has 1 aliphatic heterocycles. The van der Waals surface area contributed by atoms with Crippen LogP contribution in [0.2, 0.25) is 0 Å². The van der Waals surface area contributed by atoms with Crippen LogP contribution in [0.1, 0.15) is 29.5 Å². The van der Waals surface area contributed by atoms with Crippen molar-refractivity contribution in [3.63, 3.8) is 0 Å². The molecule has 0 radical (unpaired) electrons. The number of rotatable bonds is 4. The standard InChI is InChI=1S/C25H26N2/c1-3-22-14-15-25(24-9-5-4-8-23(22)24)27-18-7-6-17-26(27)19-16-21-12-10-20(2)11-13-21/h1,4-5,8-15H,6-7,16-19H2,2H3. The zero-order valence-electron chi connectivity index (χ0n) is 16.0. The minimum atomic E-state index is 0.970. The third kappa shape index (κ3) is 3.70. The van der Waals surface area contributed by atoms with Crippen molar-refractivity contribution in [2.75, 3.05) is 24.6 Å². The van der Waals surface area contributed by atoms with E-state index in [9.17, 15) is 0 Å². The molecule has 1 heterocycles. The fourth-order valence-corrected chi connectivity index (χ4v) is 3.97. The molecule has 136 valence electrons. The molecule has 0 unspecified atom stereocenters. The second kappa shape index (κ2) is 7.86. The molecule has 0 N–H and O–H groups in total. The van der Waals surface area contributed by atoms with E-state index in [1.165, 1.54) is 40.4 Å². The number of hydrogen-bond donors (Lipinski definition) is 0. The van der Waals surface area contributed by atoms with E-state index in [0.29, 0.717) is 0 Å². The van der Waals surface area contributed by atoms with Crippen LogP contribution in [0.15, 0.2) is 60.7 Å². The Labute approximate surface area is 162 Å². The van der Waals surface area contributed by atoms with Gasteiger partial charge in [0.1, 0.15) is 0 Å². The van der Waals surface area contributed by atoms with Gasteiger partial charge >= 0.3 is 0 Å². The molecule has 0 aliphatic carbocycles. The summed E-state index contributed by atoms with van der Waals surface area (Å²) in [6, 6.07) is 21.7. The molecule has 1 fully saturated rings. The lowest BCUT2D eigenvalue weighted by Crippen LogP contribution is -2.48. The van der Waals surface area contributed by atoms with Crippen LogP contribution >= 0.6 is 0 Å². The Kier molecular flexibility index (Phi) is 5.14. The van der Waals surface area contributed by atoms with Crippen LogP contribution in [-0.2, 0) is 6.42 Å². The highest BCUT2D eigenvalue weighted by Crippen LogP contribution is 2.32. The van der Waals surface area contributed by atoms with Gasteiger partial charge in [-0.2, -0.15) is 0 Å². The summed E-state index contributed by atoms with van der Waals surface area (Å²) in [6.07, 6.45) is 9.27. The van der Waals surface area contributed by atoms with E-state index in [1.54, 1.807) is 0 Å². The first-order valence-electron chi connectivity index (χ1n) is 9.82. The molecule has 0 bridgehead atoms. The van der Waals surface area contributed by atoms with Gasteiger partial charge in [-0.1, -0.05) is 60.0 Å². The van der Waals surface area contributed by atoms with Crippen molar-refractivity contribution in [1.29, 1.82) is 0 Å². The molecular formula is C25H26N2. The molecular weight excluding hydrogens is 328 g/mol. The zero-order valence-corrected chi connectivity index (χ0v) is 16.0. The molecule has 1 saturated heterocycles. The highest BCUT2D eigenvalue weighted by Gasteiger charge is 2.22. The van der Waals surface area contributed by atoms with Crippen molar-refractivity contribution in [1.82, 2.24) is 5.01 Å². The fraction of sp³-hybridized carbons (Fsp3) is 0.280. The van der Waals surface area contributed by atoms with Crippen molar-refractivity contribution in [2.45, 2.75) is 26.2 Å². The van der Waals surface area contributed by atoms with Gasteiger partial charge in [0.25, 0.3) is 0 Å². The maximum atomic E-state index is 5.72. The second-order valence-electron chi connectivity index (χ2n) is 7.34. The quantitative estimate of drug-likeness (QED) is 0.595. The van der Waals surface area contributed by atoms with Crippen LogP contribution in [0, 0.1) is 19.3 Å². The Morgan fingerprint density at radius 3 is 2.41 bits per heavy atom. The predicted molar refractivity (Wildman–Crippen MR) is 115 cm³/mol. The van der Waals surface area contributed by atoms with E-state index in [4.69, 9.17) is 6.42 Å². The van der Waals surface area contributed by atoms with Gasteiger partial charge in [0.2, 0.25) is 0 Å². The average molecular weight is 354 g/mol. The molecule has 1 aliphatic rings. The Morgan fingerprint density at radius 1 is 0.889 bits per heavy atom. The van der Waals surface area contributed by atoms with Crippen LogP contribution in [-0.4, -0.2) is 24.6 Å². The Hall–Kier alpha value is -2.76. The average Bonchev–Trinajstić information content (AvgIpc) is 2.73.